The summed E-state index contributed by atoms with van der Waals surface area (Å²) in [5.74, 6) is -0.848. The lowest BCUT2D eigenvalue weighted by Crippen LogP contribution is -2.16. The fourth-order valence-electron chi connectivity index (χ4n) is 3.38. The highest BCUT2D eigenvalue weighted by atomic mass is 35.5. The molecular formula is C25H17ClF3N3O2. The number of nitrogens with zero attached hydrogens (tertiary/aromatic N) is 2. The Morgan fingerprint density at radius 1 is 0.941 bits per heavy atom. The van der Waals surface area contributed by atoms with E-state index in [9.17, 15) is 22.8 Å². The molecule has 0 aliphatic carbocycles. The van der Waals surface area contributed by atoms with Crippen LogP contribution < -0.4 is 5.32 Å². The predicted molar refractivity (Wildman–Crippen MR) is 122 cm³/mol. The van der Waals surface area contributed by atoms with Crippen molar-refractivity contribution in [3.05, 3.63) is 118 Å². The van der Waals surface area contributed by atoms with Gasteiger partial charge in [-0.2, -0.15) is 18.3 Å². The summed E-state index contributed by atoms with van der Waals surface area (Å²) in [5.41, 5.74) is 0.790. The third-order valence-electron chi connectivity index (χ3n) is 5.01. The molecule has 0 unspecified atom stereocenters. The molecule has 0 fully saturated rings. The summed E-state index contributed by atoms with van der Waals surface area (Å²) < 4.78 is 40.2. The second-order valence-electron chi connectivity index (χ2n) is 7.46. The largest absolute Gasteiger partial charge is 0.416 e. The van der Waals surface area contributed by atoms with Gasteiger partial charge in [-0.15, -0.1) is 0 Å². The highest BCUT2D eigenvalue weighted by Crippen LogP contribution is 2.29. The molecule has 1 amide bonds. The SMILES string of the molecule is O=C(Nc1cnn(Cc2cccc(C(F)(F)F)c2)c1)c1ccccc1C(=O)c1ccc(Cl)cc1. The van der Waals surface area contributed by atoms with Crippen LogP contribution in [0.15, 0.2) is 85.2 Å². The number of anilines is 1. The zero-order chi connectivity index (χ0) is 24.3. The molecule has 34 heavy (non-hydrogen) atoms. The van der Waals surface area contributed by atoms with E-state index in [-0.39, 0.29) is 23.5 Å². The minimum atomic E-state index is -4.43. The van der Waals surface area contributed by atoms with Gasteiger partial charge in [-0.1, -0.05) is 41.9 Å². The molecule has 0 saturated carbocycles. The van der Waals surface area contributed by atoms with Crippen molar-refractivity contribution in [1.82, 2.24) is 9.78 Å². The van der Waals surface area contributed by atoms with Gasteiger partial charge in [0, 0.05) is 22.3 Å². The van der Waals surface area contributed by atoms with Gasteiger partial charge in [0.15, 0.2) is 5.78 Å². The van der Waals surface area contributed by atoms with Gasteiger partial charge in [0.2, 0.25) is 0 Å². The first-order valence-electron chi connectivity index (χ1n) is 10.1. The molecule has 1 N–H and O–H groups in total. The van der Waals surface area contributed by atoms with Crippen LogP contribution in [0.2, 0.25) is 5.02 Å². The van der Waals surface area contributed by atoms with E-state index in [0.717, 1.165) is 12.1 Å². The van der Waals surface area contributed by atoms with Crippen LogP contribution in [-0.2, 0) is 12.7 Å². The molecule has 1 aromatic heterocycles. The Balaban J connectivity index is 1.50. The number of amides is 1. The van der Waals surface area contributed by atoms with E-state index in [0.29, 0.717) is 21.8 Å². The average Bonchev–Trinajstić information content (AvgIpc) is 3.25. The number of halogens is 4. The maximum atomic E-state index is 12.9. The number of alkyl halides is 3. The van der Waals surface area contributed by atoms with E-state index >= 15 is 0 Å². The second kappa shape index (κ2) is 9.52. The van der Waals surface area contributed by atoms with Crippen LogP contribution in [0, 0.1) is 0 Å². The molecule has 5 nitrogen and oxygen atoms in total. The predicted octanol–water partition coefficient (Wildman–Crippen LogP) is 6.09. The molecular weight excluding hydrogens is 467 g/mol. The molecule has 0 bridgehead atoms. The molecule has 0 saturated heterocycles. The van der Waals surface area contributed by atoms with Crippen LogP contribution in [0.5, 0.6) is 0 Å². The van der Waals surface area contributed by atoms with Crippen LogP contribution in [-0.4, -0.2) is 21.5 Å². The number of hydrogen-bond donors (Lipinski definition) is 1. The summed E-state index contributed by atoms with van der Waals surface area (Å²) in [6, 6.07) is 17.7. The van der Waals surface area contributed by atoms with E-state index in [1.54, 1.807) is 48.5 Å². The highest BCUT2D eigenvalue weighted by molar-refractivity contribution is 6.30. The lowest BCUT2D eigenvalue weighted by atomic mass is 9.98. The first-order valence-corrected chi connectivity index (χ1v) is 10.5. The molecule has 9 heteroatoms. The van der Waals surface area contributed by atoms with Gasteiger partial charge >= 0.3 is 6.18 Å². The smallest absolute Gasteiger partial charge is 0.319 e. The number of carbonyl (C=O) groups is 2. The summed E-state index contributed by atoms with van der Waals surface area (Å²) in [6.07, 6.45) is -1.55. The molecule has 0 aliphatic heterocycles. The molecule has 172 valence electrons. The van der Waals surface area contributed by atoms with Crippen LogP contribution in [0.25, 0.3) is 0 Å². The second-order valence-corrected chi connectivity index (χ2v) is 7.90. The average molecular weight is 484 g/mol. The summed E-state index contributed by atoms with van der Waals surface area (Å²) in [5, 5.41) is 7.28. The van der Waals surface area contributed by atoms with E-state index < -0.39 is 17.6 Å². The van der Waals surface area contributed by atoms with Gasteiger partial charge in [-0.3, -0.25) is 14.3 Å². The Morgan fingerprint density at radius 2 is 1.65 bits per heavy atom. The quantitative estimate of drug-likeness (QED) is 0.338. The first kappa shape index (κ1) is 23.3. The van der Waals surface area contributed by atoms with E-state index in [2.05, 4.69) is 10.4 Å². The van der Waals surface area contributed by atoms with Gasteiger partial charge in [0.1, 0.15) is 0 Å². The Labute approximate surface area is 197 Å². The topological polar surface area (TPSA) is 64.0 Å². The number of hydrogen-bond acceptors (Lipinski definition) is 3. The highest BCUT2D eigenvalue weighted by Gasteiger charge is 2.30. The zero-order valence-electron chi connectivity index (χ0n) is 17.5. The molecule has 0 atom stereocenters. The minimum Gasteiger partial charge on any atom is -0.319 e. The molecule has 0 spiro atoms. The molecule has 3 aromatic carbocycles. The third-order valence-corrected chi connectivity index (χ3v) is 5.26. The normalized spacial score (nSPS) is 11.3. The fourth-order valence-corrected chi connectivity index (χ4v) is 3.51. The van der Waals surface area contributed by atoms with Crippen molar-refractivity contribution in [1.29, 1.82) is 0 Å². The van der Waals surface area contributed by atoms with Crippen molar-refractivity contribution in [2.75, 3.05) is 5.32 Å². The van der Waals surface area contributed by atoms with Gasteiger partial charge in [0.25, 0.3) is 5.91 Å². The monoisotopic (exact) mass is 483 g/mol. The lowest BCUT2D eigenvalue weighted by molar-refractivity contribution is -0.137. The third kappa shape index (κ3) is 5.35. The molecule has 1 heterocycles. The number of rotatable bonds is 6. The summed E-state index contributed by atoms with van der Waals surface area (Å²) >= 11 is 5.88. The Bertz CT molecular complexity index is 1350. The summed E-state index contributed by atoms with van der Waals surface area (Å²) in [4.78, 5) is 25.8. The minimum absolute atomic E-state index is 0.0887. The van der Waals surface area contributed by atoms with Crippen molar-refractivity contribution >= 4 is 29.0 Å². The fraction of sp³-hybridized carbons (Fsp3) is 0.0800. The summed E-state index contributed by atoms with van der Waals surface area (Å²) in [7, 11) is 0. The number of benzene rings is 3. The van der Waals surface area contributed by atoms with E-state index in [1.165, 1.54) is 29.2 Å². The van der Waals surface area contributed by atoms with Crippen molar-refractivity contribution in [2.45, 2.75) is 12.7 Å². The Kier molecular flexibility index (Phi) is 6.51. The van der Waals surface area contributed by atoms with Crippen molar-refractivity contribution in [3.8, 4) is 0 Å². The van der Waals surface area contributed by atoms with Crippen LogP contribution in [0.3, 0.4) is 0 Å². The standard InChI is InChI=1S/C25H17ClF3N3O2/c26-19-10-8-17(9-11-19)23(33)21-6-1-2-7-22(21)24(34)31-20-13-30-32(15-20)14-16-4-3-5-18(12-16)25(27,28)29/h1-13,15H,14H2,(H,31,34). The lowest BCUT2D eigenvalue weighted by Gasteiger charge is -2.09. The van der Waals surface area contributed by atoms with Gasteiger partial charge < -0.3 is 5.32 Å². The molecule has 0 radical (unpaired) electrons. The van der Waals surface area contributed by atoms with E-state index in [1.807, 2.05) is 0 Å². The first-order chi connectivity index (χ1) is 16.2. The Hall–Kier alpha value is -3.91. The molecule has 0 aliphatic rings. The van der Waals surface area contributed by atoms with Gasteiger partial charge in [-0.05, 0) is 48.0 Å². The Morgan fingerprint density at radius 3 is 2.35 bits per heavy atom. The summed E-state index contributed by atoms with van der Waals surface area (Å²) in [6.45, 7) is 0.0887. The van der Waals surface area contributed by atoms with E-state index in [4.69, 9.17) is 11.6 Å². The van der Waals surface area contributed by atoms with Crippen LogP contribution >= 0.6 is 11.6 Å². The van der Waals surface area contributed by atoms with Crippen LogP contribution in [0.4, 0.5) is 18.9 Å². The maximum absolute atomic E-state index is 12.9. The van der Waals surface area contributed by atoms with Crippen molar-refractivity contribution in [2.24, 2.45) is 0 Å². The zero-order valence-corrected chi connectivity index (χ0v) is 18.3. The number of ketones is 1. The maximum Gasteiger partial charge on any atom is 0.416 e. The molecule has 4 rings (SSSR count). The van der Waals surface area contributed by atoms with Crippen molar-refractivity contribution < 1.29 is 22.8 Å². The van der Waals surface area contributed by atoms with Crippen molar-refractivity contribution in [3.63, 3.8) is 0 Å². The number of aromatic nitrogens is 2. The van der Waals surface area contributed by atoms with Crippen LogP contribution in [0.1, 0.15) is 37.4 Å². The van der Waals surface area contributed by atoms with Gasteiger partial charge in [0.05, 0.1) is 29.6 Å². The van der Waals surface area contributed by atoms with Gasteiger partial charge in [-0.25, -0.2) is 0 Å². The number of carbonyl (C=O) groups excluding carboxylic acids is 2. The number of nitrogens with one attached hydrogen (secondary N) is 1. The molecule has 4 aromatic rings.